The number of aromatic nitrogens is 1. The maximum absolute atomic E-state index is 12.9. The molecule has 0 unspecified atom stereocenters. The van der Waals surface area contributed by atoms with Crippen molar-refractivity contribution in [3.8, 4) is 0 Å². The number of amides is 1. The summed E-state index contributed by atoms with van der Waals surface area (Å²) in [5.41, 5.74) is 0.889. The summed E-state index contributed by atoms with van der Waals surface area (Å²) in [7, 11) is 3.90. The van der Waals surface area contributed by atoms with Crippen LogP contribution in [0, 0.1) is 5.41 Å². The third-order valence-corrected chi connectivity index (χ3v) is 4.99. The van der Waals surface area contributed by atoms with Gasteiger partial charge in [0.25, 0.3) is 0 Å². The number of anilines is 1. The molecule has 1 amide bonds. The molecular formula is C19H22F3N3O5. The number of carboxylic acids is 2. The predicted octanol–water partition coefficient (Wildman–Crippen LogP) is 2.09. The van der Waals surface area contributed by atoms with Gasteiger partial charge < -0.3 is 20.0 Å². The molecule has 3 rings (SSSR count). The summed E-state index contributed by atoms with van der Waals surface area (Å²) in [6.07, 6.45) is 1.50. The summed E-state index contributed by atoms with van der Waals surface area (Å²) in [4.78, 5) is 41.5. The van der Waals surface area contributed by atoms with E-state index in [1.807, 2.05) is 25.1 Å². The van der Waals surface area contributed by atoms with Crippen LogP contribution in [0.1, 0.15) is 24.0 Å². The van der Waals surface area contributed by atoms with E-state index in [1.54, 1.807) is 23.2 Å². The second kappa shape index (κ2) is 8.72. The number of alkyl halides is 3. The third-order valence-electron chi connectivity index (χ3n) is 4.99. The van der Waals surface area contributed by atoms with Crippen LogP contribution in [-0.2, 0) is 27.3 Å². The van der Waals surface area contributed by atoms with Gasteiger partial charge in [0.2, 0.25) is 5.91 Å². The Morgan fingerprint density at radius 3 is 2.20 bits per heavy atom. The molecule has 30 heavy (non-hydrogen) atoms. The highest BCUT2D eigenvalue weighted by molar-refractivity contribution is 6.02. The maximum Gasteiger partial charge on any atom is 0.490 e. The summed E-state index contributed by atoms with van der Waals surface area (Å²) in [5.74, 6) is -3.14. The Balaban J connectivity index is 0.000000396. The lowest BCUT2D eigenvalue weighted by Gasteiger charge is -2.35. The van der Waals surface area contributed by atoms with Crippen LogP contribution in [0.5, 0.6) is 0 Å². The Bertz CT molecular complexity index is 859. The van der Waals surface area contributed by atoms with Crippen LogP contribution >= 0.6 is 0 Å². The lowest BCUT2D eigenvalue weighted by Crippen LogP contribution is -2.49. The standard InChI is InChI=1S/C17H21N3O3.C2HF3O2/c1-19(2)14-13-6-10-20(11-12(13)5-9-18-14)15(21)17(16(22)23)7-3-4-8-17;3-2(4,5)1(6)7/h3-5,9H,6-8,10-11H2,1-2H3,(H,22,23);(H,6,7). The maximum atomic E-state index is 12.9. The van der Waals surface area contributed by atoms with Crippen LogP contribution in [-0.4, -0.2) is 64.8 Å². The zero-order valence-corrected chi connectivity index (χ0v) is 16.4. The largest absolute Gasteiger partial charge is 0.490 e. The first kappa shape index (κ1) is 23.2. The molecule has 0 spiro atoms. The smallest absolute Gasteiger partial charge is 0.480 e. The quantitative estimate of drug-likeness (QED) is 0.559. The monoisotopic (exact) mass is 429 g/mol. The molecular weight excluding hydrogens is 407 g/mol. The minimum atomic E-state index is -5.08. The summed E-state index contributed by atoms with van der Waals surface area (Å²) >= 11 is 0. The van der Waals surface area contributed by atoms with Gasteiger partial charge in [0.15, 0.2) is 5.41 Å². The molecule has 0 saturated heterocycles. The number of hydrogen-bond donors (Lipinski definition) is 2. The van der Waals surface area contributed by atoms with Crippen molar-refractivity contribution in [3.63, 3.8) is 0 Å². The third kappa shape index (κ3) is 4.71. The molecule has 0 bridgehead atoms. The highest BCUT2D eigenvalue weighted by Crippen LogP contribution is 2.37. The number of halogens is 3. The van der Waals surface area contributed by atoms with Crippen molar-refractivity contribution in [1.29, 1.82) is 0 Å². The number of nitrogens with zero attached hydrogens (tertiary/aromatic N) is 3. The molecule has 164 valence electrons. The topological polar surface area (TPSA) is 111 Å². The summed E-state index contributed by atoms with van der Waals surface area (Å²) in [5, 5.41) is 16.7. The van der Waals surface area contributed by atoms with Gasteiger partial charge in [0, 0.05) is 38.9 Å². The molecule has 1 aliphatic carbocycles. The first-order valence-electron chi connectivity index (χ1n) is 9.02. The number of carbonyl (C=O) groups is 3. The Hall–Kier alpha value is -3.11. The van der Waals surface area contributed by atoms with E-state index in [2.05, 4.69) is 4.98 Å². The van der Waals surface area contributed by atoms with Crippen LogP contribution in [0.15, 0.2) is 24.4 Å². The lowest BCUT2D eigenvalue weighted by molar-refractivity contribution is -0.192. The van der Waals surface area contributed by atoms with Gasteiger partial charge in [-0.2, -0.15) is 13.2 Å². The summed E-state index contributed by atoms with van der Waals surface area (Å²) in [6.45, 7) is 0.986. The fourth-order valence-corrected chi connectivity index (χ4v) is 3.43. The van der Waals surface area contributed by atoms with Crippen LogP contribution in [0.25, 0.3) is 0 Å². The van der Waals surface area contributed by atoms with E-state index in [1.165, 1.54) is 0 Å². The van der Waals surface area contributed by atoms with Crippen LogP contribution in [0.3, 0.4) is 0 Å². The summed E-state index contributed by atoms with van der Waals surface area (Å²) < 4.78 is 31.7. The molecule has 2 aliphatic rings. The number of hydrogen-bond acceptors (Lipinski definition) is 5. The van der Waals surface area contributed by atoms with E-state index in [0.717, 1.165) is 16.9 Å². The fourth-order valence-electron chi connectivity index (χ4n) is 3.43. The SMILES string of the molecule is CN(C)c1nccc2c1CCN(C(=O)C1(C(=O)O)CC=CC1)C2.O=C(O)C(F)(F)F. The minimum Gasteiger partial charge on any atom is -0.480 e. The average molecular weight is 429 g/mol. The number of aliphatic carboxylic acids is 2. The van der Waals surface area contributed by atoms with Gasteiger partial charge >= 0.3 is 18.1 Å². The van der Waals surface area contributed by atoms with Crippen molar-refractivity contribution in [2.45, 2.75) is 32.0 Å². The molecule has 2 N–H and O–H groups in total. The molecule has 1 aliphatic heterocycles. The van der Waals surface area contributed by atoms with Gasteiger partial charge in [0.1, 0.15) is 5.82 Å². The van der Waals surface area contributed by atoms with Crippen molar-refractivity contribution in [2.75, 3.05) is 25.5 Å². The zero-order chi connectivity index (χ0) is 22.7. The van der Waals surface area contributed by atoms with E-state index in [0.29, 0.717) is 19.5 Å². The molecule has 0 radical (unpaired) electrons. The zero-order valence-electron chi connectivity index (χ0n) is 16.4. The van der Waals surface area contributed by atoms with Gasteiger partial charge in [-0.25, -0.2) is 9.78 Å². The predicted molar refractivity (Wildman–Crippen MR) is 99.8 cm³/mol. The normalized spacial score (nSPS) is 16.9. The van der Waals surface area contributed by atoms with Gasteiger partial charge in [-0.1, -0.05) is 12.2 Å². The van der Waals surface area contributed by atoms with E-state index < -0.39 is 23.5 Å². The second-order valence-corrected chi connectivity index (χ2v) is 7.21. The number of pyridine rings is 1. The number of allylic oxidation sites excluding steroid dienone is 2. The van der Waals surface area contributed by atoms with Crippen molar-refractivity contribution in [1.82, 2.24) is 9.88 Å². The number of carboxylic acid groups (broad SMARTS) is 2. The Morgan fingerprint density at radius 2 is 1.73 bits per heavy atom. The van der Waals surface area contributed by atoms with Crippen molar-refractivity contribution < 1.29 is 37.8 Å². The molecule has 2 heterocycles. The number of fused-ring (bicyclic) bond motifs is 1. The number of carbonyl (C=O) groups excluding carboxylic acids is 1. The molecule has 1 aromatic heterocycles. The lowest BCUT2D eigenvalue weighted by atomic mass is 9.83. The van der Waals surface area contributed by atoms with Gasteiger partial charge in [0.05, 0.1) is 0 Å². The molecule has 1 aromatic rings. The van der Waals surface area contributed by atoms with E-state index >= 15 is 0 Å². The second-order valence-electron chi connectivity index (χ2n) is 7.21. The molecule has 0 atom stereocenters. The molecule has 8 nitrogen and oxygen atoms in total. The highest BCUT2D eigenvalue weighted by atomic mass is 19.4. The van der Waals surface area contributed by atoms with E-state index in [-0.39, 0.29) is 18.7 Å². The first-order chi connectivity index (χ1) is 13.9. The fraction of sp³-hybridized carbons (Fsp3) is 0.474. The van der Waals surface area contributed by atoms with Crippen molar-refractivity contribution >= 4 is 23.7 Å². The van der Waals surface area contributed by atoms with Crippen LogP contribution in [0.2, 0.25) is 0 Å². The summed E-state index contributed by atoms with van der Waals surface area (Å²) in [6, 6.07) is 1.92. The number of rotatable bonds is 3. The molecule has 11 heteroatoms. The van der Waals surface area contributed by atoms with Gasteiger partial charge in [-0.05, 0) is 30.9 Å². The van der Waals surface area contributed by atoms with Crippen LogP contribution < -0.4 is 4.90 Å². The van der Waals surface area contributed by atoms with Gasteiger partial charge in [-0.3, -0.25) is 9.59 Å². The molecule has 0 fully saturated rings. The van der Waals surface area contributed by atoms with Crippen molar-refractivity contribution in [2.24, 2.45) is 5.41 Å². The van der Waals surface area contributed by atoms with Crippen molar-refractivity contribution in [3.05, 3.63) is 35.5 Å². The minimum absolute atomic E-state index is 0.274. The van der Waals surface area contributed by atoms with Crippen LogP contribution in [0.4, 0.5) is 19.0 Å². The molecule has 0 saturated carbocycles. The Morgan fingerprint density at radius 1 is 1.17 bits per heavy atom. The molecule has 0 aromatic carbocycles. The van der Waals surface area contributed by atoms with Gasteiger partial charge in [-0.15, -0.1) is 0 Å². The van der Waals surface area contributed by atoms with E-state index in [9.17, 15) is 27.9 Å². The highest BCUT2D eigenvalue weighted by Gasteiger charge is 2.49. The van der Waals surface area contributed by atoms with E-state index in [4.69, 9.17) is 9.90 Å². The Labute approximate surface area is 170 Å². The first-order valence-corrected chi connectivity index (χ1v) is 9.02. The Kier molecular flexibility index (Phi) is 6.73. The average Bonchev–Trinajstić information content (AvgIpc) is 3.17.